The highest BCUT2D eigenvalue weighted by atomic mass is 32.2. The average Bonchev–Trinajstić information content (AvgIpc) is 2.98. The Bertz CT molecular complexity index is 1400. The van der Waals surface area contributed by atoms with Crippen molar-refractivity contribution in [1.82, 2.24) is 20.1 Å². The zero-order valence-corrected chi connectivity index (χ0v) is 27.6. The summed E-state index contributed by atoms with van der Waals surface area (Å²) in [5.41, 5.74) is 5.60. The molecule has 2 amide bonds. The summed E-state index contributed by atoms with van der Waals surface area (Å²) in [6, 6.07) is 9.99. The summed E-state index contributed by atoms with van der Waals surface area (Å²) in [6.45, 7) is 15.1. The van der Waals surface area contributed by atoms with Crippen LogP contribution in [0.3, 0.4) is 0 Å². The molecule has 0 saturated carbocycles. The summed E-state index contributed by atoms with van der Waals surface area (Å²) in [5, 5.41) is 12.5. The predicted molar refractivity (Wildman–Crippen MR) is 171 cm³/mol. The van der Waals surface area contributed by atoms with Gasteiger partial charge in [0, 0.05) is 26.2 Å². The molecule has 1 fully saturated rings. The number of amides is 2. The molecule has 3 rings (SSSR count). The maximum absolute atomic E-state index is 14.4. The second kappa shape index (κ2) is 15.5. The summed E-state index contributed by atoms with van der Waals surface area (Å²) in [7, 11) is -4.16. The molecule has 44 heavy (non-hydrogen) atoms. The van der Waals surface area contributed by atoms with Gasteiger partial charge in [-0.2, -0.15) is 15.4 Å². The van der Waals surface area contributed by atoms with Gasteiger partial charge in [-0.15, -0.1) is 0 Å². The van der Waals surface area contributed by atoms with Gasteiger partial charge < -0.3 is 14.5 Å². The smallest absolute Gasteiger partial charge is 0.409 e. The molecule has 1 aliphatic rings. The summed E-state index contributed by atoms with van der Waals surface area (Å²) < 4.78 is 36.6. The Hall–Kier alpha value is -3.48. The number of hydrogen-bond acceptors (Lipinski definition) is 8. The largest absolute Gasteiger partial charge is 0.450 e. The molecule has 1 aliphatic heterocycles. The van der Waals surface area contributed by atoms with Crippen molar-refractivity contribution in [1.29, 1.82) is 0 Å². The number of nitrogens with one attached hydrogen (secondary N) is 2. The van der Waals surface area contributed by atoms with Crippen LogP contribution in [0.4, 0.5) is 4.79 Å². The van der Waals surface area contributed by atoms with Crippen molar-refractivity contribution in [3.63, 3.8) is 0 Å². The van der Waals surface area contributed by atoms with Crippen molar-refractivity contribution in [2.24, 2.45) is 5.10 Å². The molecule has 0 bridgehead atoms. The molecule has 1 atom stereocenters. The standard InChI is InChI=1S/C32H47N5O6S/c1-8-43-32(39)37-14-12-36(13-15-37)31(38)29(17-24-10-9-11-25(16-24)20-33-35-40)34-44(41,42)30-27(22(4)5)18-26(21(2)3)19-28(30)23(6)7/h9-11,16,18-23,29,34-35,40H,8,12-15,17H2,1-7H3. The van der Waals surface area contributed by atoms with Gasteiger partial charge in [0.05, 0.1) is 17.7 Å². The number of carbonyl (C=O) groups excluding carboxylic acids is 2. The van der Waals surface area contributed by atoms with E-state index >= 15 is 0 Å². The molecule has 2 aromatic carbocycles. The summed E-state index contributed by atoms with van der Waals surface area (Å²) in [6.07, 6.45) is 1.07. The van der Waals surface area contributed by atoms with Crippen molar-refractivity contribution in [3.8, 4) is 0 Å². The third kappa shape index (κ3) is 8.80. The Morgan fingerprint density at radius 2 is 1.55 bits per heavy atom. The minimum atomic E-state index is -4.16. The Morgan fingerprint density at radius 3 is 2.07 bits per heavy atom. The van der Waals surface area contributed by atoms with E-state index < -0.39 is 22.2 Å². The van der Waals surface area contributed by atoms with E-state index in [0.717, 1.165) is 16.7 Å². The van der Waals surface area contributed by atoms with Crippen LogP contribution in [0.25, 0.3) is 0 Å². The van der Waals surface area contributed by atoms with E-state index in [9.17, 15) is 18.0 Å². The lowest BCUT2D eigenvalue weighted by Crippen LogP contribution is -2.56. The third-order valence-corrected chi connectivity index (χ3v) is 9.33. The van der Waals surface area contributed by atoms with E-state index in [1.54, 1.807) is 40.5 Å². The van der Waals surface area contributed by atoms with Crippen LogP contribution in [0, 0.1) is 0 Å². The molecular weight excluding hydrogens is 582 g/mol. The monoisotopic (exact) mass is 629 g/mol. The van der Waals surface area contributed by atoms with E-state index in [2.05, 4.69) is 23.7 Å². The Kier molecular flexibility index (Phi) is 12.3. The van der Waals surface area contributed by atoms with Crippen LogP contribution in [0.5, 0.6) is 0 Å². The fourth-order valence-corrected chi connectivity index (χ4v) is 7.20. The van der Waals surface area contributed by atoms with Crippen LogP contribution < -0.4 is 10.3 Å². The zero-order chi connectivity index (χ0) is 32.6. The van der Waals surface area contributed by atoms with Gasteiger partial charge in [0.2, 0.25) is 15.9 Å². The molecule has 1 heterocycles. The molecule has 2 aromatic rings. The summed E-state index contributed by atoms with van der Waals surface area (Å²) in [4.78, 5) is 29.6. The molecule has 0 spiro atoms. The van der Waals surface area contributed by atoms with Gasteiger partial charge >= 0.3 is 6.09 Å². The Balaban J connectivity index is 2.03. The Labute approximate surface area is 261 Å². The first-order valence-corrected chi connectivity index (χ1v) is 16.7. The summed E-state index contributed by atoms with van der Waals surface area (Å²) in [5.74, 6) is -0.295. The first-order valence-electron chi connectivity index (χ1n) is 15.2. The minimum absolute atomic E-state index is 0.0704. The van der Waals surface area contributed by atoms with Gasteiger partial charge in [-0.3, -0.25) is 10.0 Å². The molecule has 12 heteroatoms. The molecule has 0 aliphatic carbocycles. The number of rotatable bonds is 12. The number of piperazine rings is 1. The lowest BCUT2D eigenvalue weighted by atomic mass is 9.89. The molecule has 0 aromatic heterocycles. The first kappa shape index (κ1) is 35.0. The fraction of sp³-hybridized carbons (Fsp3) is 0.531. The molecule has 1 unspecified atom stereocenters. The second-order valence-electron chi connectivity index (χ2n) is 12.0. The van der Waals surface area contributed by atoms with Gasteiger partial charge in [0.15, 0.2) is 0 Å². The topological polar surface area (TPSA) is 141 Å². The lowest BCUT2D eigenvalue weighted by molar-refractivity contribution is -0.134. The van der Waals surface area contributed by atoms with Crippen LogP contribution in [0.1, 0.15) is 94.0 Å². The van der Waals surface area contributed by atoms with Gasteiger partial charge in [-0.05, 0) is 58.9 Å². The van der Waals surface area contributed by atoms with Crippen LogP contribution in [-0.2, 0) is 26.0 Å². The van der Waals surface area contributed by atoms with Crippen molar-refractivity contribution in [2.75, 3.05) is 32.8 Å². The maximum atomic E-state index is 14.4. The number of benzene rings is 2. The van der Waals surface area contributed by atoms with Crippen molar-refractivity contribution >= 4 is 28.2 Å². The Morgan fingerprint density at radius 1 is 0.955 bits per heavy atom. The van der Waals surface area contributed by atoms with E-state index in [1.165, 1.54) is 6.21 Å². The van der Waals surface area contributed by atoms with Crippen molar-refractivity contribution < 1.29 is 28.0 Å². The summed E-state index contributed by atoms with van der Waals surface area (Å²) >= 11 is 0. The molecule has 0 radical (unpaired) electrons. The fourth-order valence-electron chi connectivity index (χ4n) is 5.31. The van der Waals surface area contributed by atoms with Crippen LogP contribution in [0.15, 0.2) is 46.4 Å². The average molecular weight is 630 g/mol. The quantitative estimate of drug-likeness (QED) is 0.231. The molecule has 242 valence electrons. The maximum Gasteiger partial charge on any atom is 0.409 e. The minimum Gasteiger partial charge on any atom is -0.450 e. The van der Waals surface area contributed by atoms with Gasteiger partial charge in [0.1, 0.15) is 6.04 Å². The number of carbonyl (C=O) groups is 2. The molecule has 1 saturated heterocycles. The van der Waals surface area contributed by atoms with Crippen LogP contribution in [-0.4, -0.2) is 80.5 Å². The van der Waals surface area contributed by atoms with E-state index in [1.807, 2.05) is 45.9 Å². The lowest BCUT2D eigenvalue weighted by Gasteiger charge is -2.36. The molecular formula is C32H47N5O6S. The highest BCUT2D eigenvalue weighted by Gasteiger charge is 2.35. The third-order valence-electron chi connectivity index (χ3n) is 7.72. The predicted octanol–water partition coefficient (Wildman–Crippen LogP) is 4.56. The normalized spacial score (nSPS) is 15.0. The highest BCUT2D eigenvalue weighted by molar-refractivity contribution is 7.89. The number of hydrazone groups is 1. The van der Waals surface area contributed by atoms with E-state index in [4.69, 9.17) is 9.94 Å². The van der Waals surface area contributed by atoms with Crippen LogP contribution in [0.2, 0.25) is 0 Å². The molecule has 3 N–H and O–H groups in total. The van der Waals surface area contributed by atoms with Gasteiger partial charge in [0.25, 0.3) is 0 Å². The second-order valence-corrected chi connectivity index (χ2v) is 13.6. The number of hydrogen-bond donors (Lipinski definition) is 3. The number of sulfonamides is 1. The highest BCUT2D eigenvalue weighted by Crippen LogP contribution is 2.35. The SMILES string of the molecule is CCOC(=O)N1CCN(C(=O)C(Cc2cccc(C=NNO)c2)NS(=O)(=O)c2c(C(C)C)cc(C(C)C)cc2C(C)C)CC1. The van der Waals surface area contributed by atoms with Gasteiger partial charge in [-0.1, -0.05) is 77.9 Å². The zero-order valence-electron chi connectivity index (χ0n) is 26.8. The number of ether oxygens (including phenoxy) is 1. The van der Waals surface area contributed by atoms with E-state index in [0.29, 0.717) is 11.1 Å². The van der Waals surface area contributed by atoms with Gasteiger partial charge in [-0.25, -0.2) is 13.2 Å². The van der Waals surface area contributed by atoms with E-state index in [-0.39, 0.29) is 67.8 Å². The van der Waals surface area contributed by atoms with Crippen molar-refractivity contribution in [2.45, 2.75) is 83.6 Å². The van der Waals surface area contributed by atoms with Crippen LogP contribution >= 0.6 is 0 Å². The number of nitrogens with zero attached hydrogens (tertiary/aromatic N) is 3. The first-order chi connectivity index (χ1) is 20.8. The molecule has 11 nitrogen and oxygen atoms in total. The van der Waals surface area contributed by atoms with Crippen molar-refractivity contribution in [3.05, 3.63) is 64.2 Å².